The number of benzene rings is 5. The van der Waals surface area contributed by atoms with Crippen LogP contribution >= 0.6 is 0 Å². The van der Waals surface area contributed by atoms with Crippen LogP contribution in [0.15, 0.2) is 133 Å². The molecule has 32 heavy (non-hydrogen) atoms. The van der Waals surface area contributed by atoms with Crippen LogP contribution in [0.3, 0.4) is 0 Å². The highest BCUT2D eigenvalue weighted by Gasteiger charge is 2.46. The molecule has 0 unspecified atom stereocenters. The van der Waals surface area contributed by atoms with Gasteiger partial charge in [-0.2, -0.15) is 0 Å². The fourth-order valence-electron chi connectivity index (χ4n) is 5.27. The zero-order valence-corrected chi connectivity index (χ0v) is 17.7. The van der Waals surface area contributed by atoms with Crippen molar-refractivity contribution in [2.45, 2.75) is 5.41 Å². The molecule has 0 bridgehead atoms. The molecule has 0 saturated heterocycles. The lowest BCUT2D eigenvalue weighted by atomic mass is 9.68. The highest BCUT2D eigenvalue weighted by molar-refractivity contribution is 5.94. The van der Waals surface area contributed by atoms with E-state index in [-0.39, 0.29) is 5.41 Å². The van der Waals surface area contributed by atoms with Crippen LogP contribution in [0.5, 0.6) is 0 Å². The standard InChI is InChI=1S/C31H23N/c1-4-13-23(14-5-1)31(24-15-6-2-7-16-24)27-20-11-10-19-26(27)30-28(31)21-12-22-29(30)32-25-17-8-3-9-18-25/h1-22,32H. The van der Waals surface area contributed by atoms with Crippen molar-refractivity contribution in [2.75, 3.05) is 5.32 Å². The third kappa shape index (κ3) is 2.72. The predicted octanol–water partition coefficient (Wildman–Crippen LogP) is 7.79. The van der Waals surface area contributed by atoms with Crippen molar-refractivity contribution in [1.29, 1.82) is 0 Å². The zero-order valence-electron chi connectivity index (χ0n) is 17.7. The van der Waals surface area contributed by atoms with Crippen LogP contribution in [0.1, 0.15) is 22.3 Å². The lowest BCUT2D eigenvalue weighted by Gasteiger charge is -2.33. The van der Waals surface area contributed by atoms with Crippen LogP contribution in [-0.4, -0.2) is 0 Å². The molecule has 1 nitrogen and oxygen atoms in total. The van der Waals surface area contributed by atoms with Gasteiger partial charge >= 0.3 is 0 Å². The lowest BCUT2D eigenvalue weighted by molar-refractivity contribution is 0.768. The summed E-state index contributed by atoms with van der Waals surface area (Å²) in [6, 6.07) is 47.7. The monoisotopic (exact) mass is 409 g/mol. The second kappa shape index (κ2) is 7.55. The average Bonchev–Trinajstić information content (AvgIpc) is 3.18. The largest absolute Gasteiger partial charge is 0.355 e. The van der Waals surface area contributed by atoms with E-state index in [1.165, 1.54) is 33.4 Å². The van der Waals surface area contributed by atoms with Gasteiger partial charge in [-0.25, -0.2) is 0 Å². The van der Waals surface area contributed by atoms with Crippen molar-refractivity contribution < 1.29 is 0 Å². The average molecular weight is 410 g/mol. The molecule has 5 aromatic carbocycles. The molecule has 0 aromatic heterocycles. The van der Waals surface area contributed by atoms with Gasteiger partial charge in [0.25, 0.3) is 0 Å². The van der Waals surface area contributed by atoms with Gasteiger partial charge in [-0.3, -0.25) is 0 Å². The summed E-state index contributed by atoms with van der Waals surface area (Å²) < 4.78 is 0. The smallest absolute Gasteiger partial charge is 0.0714 e. The maximum Gasteiger partial charge on any atom is 0.0714 e. The first-order valence-electron chi connectivity index (χ1n) is 11.1. The summed E-state index contributed by atoms with van der Waals surface area (Å²) in [5.41, 5.74) is 9.65. The highest BCUT2D eigenvalue weighted by Crippen LogP contribution is 2.57. The molecule has 152 valence electrons. The van der Waals surface area contributed by atoms with Crippen molar-refractivity contribution in [2.24, 2.45) is 0 Å². The normalized spacial score (nSPS) is 13.2. The molecule has 0 fully saturated rings. The van der Waals surface area contributed by atoms with Crippen LogP contribution in [0.2, 0.25) is 0 Å². The van der Waals surface area contributed by atoms with Gasteiger partial charge in [-0.05, 0) is 46.0 Å². The summed E-state index contributed by atoms with van der Waals surface area (Å²) in [7, 11) is 0. The van der Waals surface area contributed by atoms with Gasteiger partial charge in [0.05, 0.1) is 5.41 Å². The number of fused-ring (bicyclic) bond motifs is 3. The molecule has 0 amide bonds. The second-order valence-corrected chi connectivity index (χ2v) is 8.25. The topological polar surface area (TPSA) is 12.0 Å². The van der Waals surface area contributed by atoms with Crippen LogP contribution in [0.4, 0.5) is 11.4 Å². The molecule has 6 rings (SSSR count). The molecule has 1 N–H and O–H groups in total. The quantitative estimate of drug-likeness (QED) is 0.313. The minimum atomic E-state index is -0.358. The minimum Gasteiger partial charge on any atom is -0.355 e. The molecule has 1 heteroatoms. The van der Waals surface area contributed by atoms with Gasteiger partial charge < -0.3 is 5.32 Å². The second-order valence-electron chi connectivity index (χ2n) is 8.25. The third-order valence-electron chi connectivity index (χ3n) is 6.54. The first-order valence-corrected chi connectivity index (χ1v) is 11.1. The Morgan fingerprint density at radius 3 is 1.62 bits per heavy atom. The maximum atomic E-state index is 3.69. The van der Waals surface area contributed by atoms with E-state index in [9.17, 15) is 0 Å². The summed E-state index contributed by atoms with van der Waals surface area (Å²) >= 11 is 0. The first kappa shape index (κ1) is 18.7. The highest BCUT2D eigenvalue weighted by atomic mass is 14.9. The summed E-state index contributed by atoms with van der Waals surface area (Å²) in [5, 5.41) is 3.69. The van der Waals surface area contributed by atoms with E-state index in [1.54, 1.807) is 0 Å². The molecule has 1 aliphatic carbocycles. The molecule has 0 spiro atoms. The molecule has 0 radical (unpaired) electrons. The Balaban J connectivity index is 1.70. The Bertz CT molecular complexity index is 1330. The molecular weight excluding hydrogens is 386 g/mol. The SMILES string of the molecule is c1ccc(Nc2cccc3c2-c2ccccc2C3(c2ccccc2)c2ccccc2)cc1. The summed E-state index contributed by atoms with van der Waals surface area (Å²) in [4.78, 5) is 0. The molecule has 0 atom stereocenters. The molecule has 0 saturated carbocycles. The fourth-order valence-corrected chi connectivity index (χ4v) is 5.27. The van der Waals surface area contributed by atoms with Crippen molar-refractivity contribution in [3.05, 3.63) is 156 Å². The van der Waals surface area contributed by atoms with E-state index >= 15 is 0 Å². The number of para-hydroxylation sites is 1. The van der Waals surface area contributed by atoms with Gasteiger partial charge in [0, 0.05) is 16.9 Å². The first-order chi connectivity index (χ1) is 15.9. The minimum absolute atomic E-state index is 0.358. The Morgan fingerprint density at radius 2 is 0.969 bits per heavy atom. The van der Waals surface area contributed by atoms with E-state index in [0.717, 1.165) is 11.4 Å². The van der Waals surface area contributed by atoms with E-state index in [4.69, 9.17) is 0 Å². The Hall–Kier alpha value is -4.10. The predicted molar refractivity (Wildman–Crippen MR) is 133 cm³/mol. The van der Waals surface area contributed by atoms with Crippen LogP contribution in [0.25, 0.3) is 11.1 Å². The van der Waals surface area contributed by atoms with Gasteiger partial charge in [-0.15, -0.1) is 0 Å². The molecule has 0 heterocycles. The van der Waals surface area contributed by atoms with Gasteiger partial charge in [0.15, 0.2) is 0 Å². The van der Waals surface area contributed by atoms with Gasteiger partial charge in [0.2, 0.25) is 0 Å². The molecule has 1 aliphatic rings. The van der Waals surface area contributed by atoms with Gasteiger partial charge in [-0.1, -0.05) is 115 Å². The third-order valence-corrected chi connectivity index (χ3v) is 6.54. The summed E-state index contributed by atoms with van der Waals surface area (Å²) in [5.74, 6) is 0. The van der Waals surface area contributed by atoms with Gasteiger partial charge in [0.1, 0.15) is 0 Å². The zero-order chi connectivity index (χ0) is 21.4. The van der Waals surface area contributed by atoms with Crippen molar-refractivity contribution in [3.63, 3.8) is 0 Å². The number of anilines is 2. The molecular formula is C31H23N. The lowest BCUT2D eigenvalue weighted by Crippen LogP contribution is -2.28. The Morgan fingerprint density at radius 1 is 0.438 bits per heavy atom. The van der Waals surface area contributed by atoms with Crippen molar-refractivity contribution in [1.82, 2.24) is 0 Å². The van der Waals surface area contributed by atoms with E-state index < -0.39 is 0 Å². The fraction of sp³-hybridized carbons (Fsp3) is 0.0323. The maximum absolute atomic E-state index is 3.69. The summed E-state index contributed by atoms with van der Waals surface area (Å²) in [6.45, 7) is 0. The Labute approximate surface area is 189 Å². The van der Waals surface area contributed by atoms with Crippen molar-refractivity contribution >= 4 is 11.4 Å². The van der Waals surface area contributed by atoms with E-state index in [2.05, 4.69) is 133 Å². The molecule has 0 aliphatic heterocycles. The number of hydrogen-bond acceptors (Lipinski definition) is 1. The number of rotatable bonds is 4. The molecule has 5 aromatic rings. The van der Waals surface area contributed by atoms with Crippen LogP contribution in [-0.2, 0) is 5.41 Å². The van der Waals surface area contributed by atoms with Crippen LogP contribution < -0.4 is 5.32 Å². The van der Waals surface area contributed by atoms with Crippen molar-refractivity contribution in [3.8, 4) is 11.1 Å². The summed E-state index contributed by atoms with van der Waals surface area (Å²) in [6.07, 6.45) is 0. The Kier molecular flexibility index (Phi) is 4.40. The van der Waals surface area contributed by atoms with E-state index in [1.807, 2.05) is 6.07 Å². The number of hydrogen-bond donors (Lipinski definition) is 1. The van der Waals surface area contributed by atoms with Crippen LogP contribution in [0, 0.1) is 0 Å². The number of nitrogens with one attached hydrogen (secondary N) is 1. The van der Waals surface area contributed by atoms with E-state index in [0.29, 0.717) is 0 Å².